The third kappa shape index (κ3) is 6.75. The molecule has 0 bridgehead atoms. The van der Waals surface area contributed by atoms with Crippen molar-refractivity contribution in [1.29, 1.82) is 0 Å². The van der Waals surface area contributed by atoms with Gasteiger partial charge < -0.3 is 15.4 Å². The van der Waals surface area contributed by atoms with Crippen molar-refractivity contribution in [1.82, 2.24) is 15.6 Å². The van der Waals surface area contributed by atoms with Crippen molar-refractivity contribution < 1.29 is 4.74 Å². The lowest BCUT2D eigenvalue weighted by molar-refractivity contribution is 0.410. The summed E-state index contributed by atoms with van der Waals surface area (Å²) in [5.74, 6) is 1.64. The fourth-order valence-corrected chi connectivity index (χ4v) is 3.20. The molecule has 2 N–H and O–H groups in total. The van der Waals surface area contributed by atoms with Crippen LogP contribution < -0.4 is 15.4 Å². The first-order valence-corrected chi connectivity index (χ1v) is 9.41. The third-order valence-corrected chi connectivity index (χ3v) is 4.52. The van der Waals surface area contributed by atoms with Crippen LogP contribution in [-0.4, -0.2) is 24.6 Å². The van der Waals surface area contributed by atoms with E-state index < -0.39 is 0 Å². The van der Waals surface area contributed by atoms with Crippen LogP contribution >= 0.6 is 35.3 Å². The number of methoxy groups -OCH3 is 1. The van der Waals surface area contributed by atoms with Gasteiger partial charge in [-0.1, -0.05) is 39.0 Å². The summed E-state index contributed by atoms with van der Waals surface area (Å²) >= 11 is 1.68. The monoisotopic (exact) mass is 488 g/mol. The zero-order chi connectivity index (χ0) is 18.3. The smallest absolute Gasteiger partial charge is 0.191 e. The van der Waals surface area contributed by atoms with E-state index in [9.17, 15) is 0 Å². The summed E-state index contributed by atoms with van der Waals surface area (Å²) in [6.45, 7) is 10.6. The van der Waals surface area contributed by atoms with Crippen LogP contribution in [0.4, 0.5) is 0 Å². The number of nitrogens with one attached hydrogen (secondary N) is 2. The number of guanidine groups is 1. The van der Waals surface area contributed by atoms with Crippen LogP contribution in [0, 0.1) is 0 Å². The molecule has 0 amide bonds. The maximum Gasteiger partial charge on any atom is 0.191 e. The van der Waals surface area contributed by atoms with Gasteiger partial charge in [0.05, 0.1) is 25.9 Å². The van der Waals surface area contributed by atoms with Crippen molar-refractivity contribution >= 4 is 41.3 Å². The number of hydrogen-bond acceptors (Lipinski definition) is 4. The highest BCUT2D eigenvalue weighted by Gasteiger charge is 2.17. The molecule has 5 nitrogen and oxygen atoms in total. The Bertz CT molecular complexity index is 710. The molecule has 0 saturated heterocycles. The number of aliphatic imine (C=N–C) groups is 1. The Morgan fingerprint density at radius 3 is 2.58 bits per heavy atom. The van der Waals surface area contributed by atoms with Gasteiger partial charge in [0.1, 0.15) is 10.8 Å². The summed E-state index contributed by atoms with van der Waals surface area (Å²) in [4.78, 5) is 9.37. The van der Waals surface area contributed by atoms with Crippen LogP contribution in [-0.2, 0) is 18.5 Å². The highest BCUT2D eigenvalue weighted by molar-refractivity contribution is 14.0. The lowest BCUT2D eigenvalue weighted by Crippen LogP contribution is -2.36. The van der Waals surface area contributed by atoms with Crippen LogP contribution in [0.2, 0.25) is 0 Å². The molecule has 1 aromatic carbocycles. The van der Waals surface area contributed by atoms with E-state index in [0.717, 1.165) is 34.5 Å². The predicted octanol–water partition coefficient (Wildman–Crippen LogP) is 4.32. The Balaban J connectivity index is 0.00000338. The first-order chi connectivity index (χ1) is 11.9. The quantitative estimate of drug-likeness (QED) is 0.361. The SMILES string of the molecule is CCNC(=NCc1ccccc1OC)NCc1nc(C(C)(C)C)cs1.I. The maximum absolute atomic E-state index is 5.38. The number of halogens is 1. The van der Waals surface area contributed by atoms with E-state index in [4.69, 9.17) is 9.72 Å². The lowest BCUT2D eigenvalue weighted by Gasteiger charge is -2.14. The van der Waals surface area contributed by atoms with Crippen LogP contribution in [0.5, 0.6) is 5.75 Å². The van der Waals surface area contributed by atoms with Gasteiger partial charge in [-0.15, -0.1) is 35.3 Å². The third-order valence-electron chi connectivity index (χ3n) is 3.67. The lowest BCUT2D eigenvalue weighted by atomic mass is 9.93. The molecule has 0 atom stereocenters. The Morgan fingerprint density at radius 2 is 1.96 bits per heavy atom. The van der Waals surface area contributed by atoms with Crippen molar-refractivity contribution in [3.63, 3.8) is 0 Å². The number of thiazole rings is 1. The maximum atomic E-state index is 5.38. The van der Waals surface area contributed by atoms with Gasteiger partial charge in [0.15, 0.2) is 5.96 Å². The number of nitrogens with zero attached hydrogens (tertiary/aromatic N) is 2. The van der Waals surface area contributed by atoms with Crippen LogP contribution in [0.15, 0.2) is 34.6 Å². The molecule has 0 aliphatic rings. The summed E-state index contributed by atoms with van der Waals surface area (Å²) < 4.78 is 5.38. The fourth-order valence-electron chi connectivity index (χ4n) is 2.24. The van der Waals surface area contributed by atoms with E-state index >= 15 is 0 Å². The van der Waals surface area contributed by atoms with E-state index in [1.54, 1.807) is 18.4 Å². The number of hydrogen-bond donors (Lipinski definition) is 2. The normalized spacial score (nSPS) is 11.7. The minimum atomic E-state index is 0. The van der Waals surface area contributed by atoms with E-state index in [-0.39, 0.29) is 29.4 Å². The molecule has 0 fully saturated rings. The molecule has 1 heterocycles. The minimum Gasteiger partial charge on any atom is -0.496 e. The van der Waals surface area contributed by atoms with Crippen LogP contribution in [0.3, 0.4) is 0 Å². The van der Waals surface area contributed by atoms with Gasteiger partial charge in [0.2, 0.25) is 0 Å². The molecular formula is C19H29IN4OS. The molecule has 0 spiro atoms. The Hall–Kier alpha value is -1.35. The van der Waals surface area contributed by atoms with E-state index in [0.29, 0.717) is 13.1 Å². The van der Waals surface area contributed by atoms with E-state index in [1.165, 1.54) is 0 Å². The molecule has 0 aliphatic carbocycles. The fraction of sp³-hybridized carbons (Fsp3) is 0.474. The zero-order valence-electron chi connectivity index (χ0n) is 16.1. The molecule has 0 aliphatic heterocycles. The molecule has 2 aromatic rings. The zero-order valence-corrected chi connectivity index (χ0v) is 19.3. The molecule has 144 valence electrons. The van der Waals surface area contributed by atoms with Crippen LogP contribution in [0.25, 0.3) is 0 Å². The summed E-state index contributed by atoms with van der Waals surface area (Å²) in [5.41, 5.74) is 2.27. The van der Waals surface area contributed by atoms with Crippen molar-refractivity contribution in [2.75, 3.05) is 13.7 Å². The van der Waals surface area contributed by atoms with Gasteiger partial charge in [0.25, 0.3) is 0 Å². The second-order valence-electron chi connectivity index (χ2n) is 6.74. The molecule has 7 heteroatoms. The number of benzene rings is 1. The van der Waals surface area contributed by atoms with Crippen molar-refractivity contribution in [2.24, 2.45) is 4.99 Å². The highest BCUT2D eigenvalue weighted by Crippen LogP contribution is 2.23. The van der Waals surface area contributed by atoms with E-state index in [2.05, 4.69) is 48.7 Å². The molecule has 0 saturated carbocycles. The molecule has 26 heavy (non-hydrogen) atoms. The van der Waals surface area contributed by atoms with Crippen molar-refractivity contribution in [3.05, 3.63) is 45.9 Å². The minimum absolute atomic E-state index is 0. The number of ether oxygens (including phenoxy) is 1. The Labute approximate surface area is 177 Å². The number of para-hydroxylation sites is 1. The number of aromatic nitrogens is 1. The Morgan fingerprint density at radius 1 is 1.23 bits per heavy atom. The summed E-state index contributed by atoms with van der Waals surface area (Å²) in [6.07, 6.45) is 0. The highest BCUT2D eigenvalue weighted by atomic mass is 127. The predicted molar refractivity (Wildman–Crippen MR) is 121 cm³/mol. The standard InChI is InChI=1S/C19H28N4OS.HI/c1-6-20-18(21-11-14-9-7-8-10-15(14)24-5)22-12-17-23-16(13-25-17)19(2,3)4;/h7-10,13H,6,11-12H2,1-5H3,(H2,20,21,22);1H. The molecule has 0 radical (unpaired) electrons. The topological polar surface area (TPSA) is 58.5 Å². The largest absolute Gasteiger partial charge is 0.496 e. The summed E-state index contributed by atoms with van der Waals surface area (Å²) in [6, 6.07) is 7.94. The number of rotatable bonds is 6. The summed E-state index contributed by atoms with van der Waals surface area (Å²) in [5, 5.41) is 9.83. The second-order valence-corrected chi connectivity index (χ2v) is 7.68. The first kappa shape index (κ1) is 22.7. The first-order valence-electron chi connectivity index (χ1n) is 8.53. The molecule has 1 aromatic heterocycles. The van der Waals surface area contributed by atoms with Gasteiger partial charge in [0, 0.05) is 22.9 Å². The average molecular weight is 488 g/mol. The second kappa shape index (κ2) is 10.7. The molecule has 2 rings (SSSR count). The molecular weight excluding hydrogens is 459 g/mol. The van der Waals surface area contributed by atoms with Gasteiger partial charge in [-0.3, -0.25) is 0 Å². The average Bonchev–Trinajstić information content (AvgIpc) is 3.07. The van der Waals surface area contributed by atoms with Gasteiger partial charge >= 0.3 is 0 Å². The van der Waals surface area contributed by atoms with Crippen molar-refractivity contribution in [3.8, 4) is 5.75 Å². The van der Waals surface area contributed by atoms with Crippen molar-refractivity contribution in [2.45, 2.75) is 46.2 Å². The van der Waals surface area contributed by atoms with Crippen LogP contribution in [0.1, 0.15) is 44.0 Å². The van der Waals surface area contributed by atoms with Gasteiger partial charge in [-0.25, -0.2) is 9.98 Å². The van der Waals surface area contributed by atoms with E-state index in [1.807, 2.05) is 24.3 Å². The Kier molecular flexibility index (Phi) is 9.35. The van der Waals surface area contributed by atoms with Gasteiger partial charge in [-0.2, -0.15) is 0 Å². The summed E-state index contributed by atoms with van der Waals surface area (Å²) in [7, 11) is 1.68. The molecule has 0 unspecified atom stereocenters. The van der Waals surface area contributed by atoms with Gasteiger partial charge in [-0.05, 0) is 13.0 Å².